The minimum absolute atomic E-state index is 0.00226. The number of hydrogen-bond acceptors (Lipinski definition) is 5. The maximum Gasteiger partial charge on any atom is 0.249 e. The minimum Gasteiger partial charge on any atom is -0.496 e. The van der Waals surface area contributed by atoms with Gasteiger partial charge in [0.1, 0.15) is 18.5 Å². The van der Waals surface area contributed by atoms with Gasteiger partial charge in [0.2, 0.25) is 11.8 Å². The van der Waals surface area contributed by atoms with Crippen LogP contribution in [0.4, 0.5) is 5.69 Å². The number of nitrogens with zero attached hydrogens (tertiary/aromatic N) is 1. The molecule has 0 bridgehead atoms. The normalized spacial score (nSPS) is 17.3. The van der Waals surface area contributed by atoms with Crippen molar-refractivity contribution in [3.8, 4) is 5.75 Å². The Hall–Kier alpha value is -2.90. The molecule has 2 atom stereocenters. The van der Waals surface area contributed by atoms with Crippen LogP contribution in [0.2, 0.25) is 0 Å². The number of benzene rings is 2. The summed E-state index contributed by atoms with van der Waals surface area (Å²) in [5, 5.41) is 14.0. The van der Waals surface area contributed by atoms with Crippen LogP contribution in [-0.2, 0) is 20.9 Å². The Balaban J connectivity index is 1.74. The van der Waals surface area contributed by atoms with Crippen LogP contribution in [0.25, 0.3) is 0 Å². The molecule has 2 N–H and O–H groups in total. The van der Waals surface area contributed by atoms with Gasteiger partial charge >= 0.3 is 0 Å². The highest BCUT2D eigenvalue weighted by Crippen LogP contribution is 2.29. The average molecular weight is 441 g/mol. The van der Waals surface area contributed by atoms with Crippen LogP contribution in [0.5, 0.6) is 5.75 Å². The molecule has 1 aliphatic heterocycles. The summed E-state index contributed by atoms with van der Waals surface area (Å²) in [5.41, 5.74) is 2.19. The molecule has 7 heteroatoms. The molecule has 0 saturated carbocycles. The fraction of sp³-hybridized carbons (Fsp3) is 0.440. The van der Waals surface area contributed by atoms with E-state index in [1.54, 1.807) is 36.3 Å². The molecule has 2 aromatic rings. The Bertz CT molecular complexity index is 911. The summed E-state index contributed by atoms with van der Waals surface area (Å²) in [7, 11) is 1.59. The number of morpholine rings is 1. The molecule has 0 unspecified atom stereocenters. The summed E-state index contributed by atoms with van der Waals surface area (Å²) < 4.78 is 10.9. The molecule has 0 aliphatic carbocycles. The van der Waals surface area contributed by atoms with Crippen LogP contribution in [-0.4, -0.2) is 48.2 Å². The smallest absolute Gasteiger partial charge is 0.249 e. The fourth-order valence-corrected chi connectivity index (χ4v) is 4.00. The first-order chi connectivity index (χ1) is 15.5. The highest BCUT2D eigenvalue weighted by Gasteiger charge is 2.35. The number of nitrogens with one attached hydrogen (secondary N) is 1. The zero-order chi connectivity index (χ0) is 23.1. The lowest BCUT2D eigenvalue weighted by molar-refractivity contribution is -0.155. The summed E-state index contributed by atoms with van der Waals surface area (Å²) >= 11 is 0. The van der Waals surface area contributed by atoms with E-state index < -0.39 is 12.1 Å². The maximum absolute atomic E-state index is 12.6. The molecule has 1 heterocycles. The summed E-state index contributed by atoms with van der Waals surface area (Å²) in [6.45, 7) is 4.53. The third-order valence-electron chi connectivity index (χ3n) is 6.01. The number of amides is 2. The SMILES string of the molecule is CCC(CC)C(=O)Nc1ccc([C@@H](O)[C@H]2COCC(=O)N2Cc2ccccc2OC)cc1. The Morgan fingerprint density at radius 2 is 1.88 bits per heavy atom. The van der Waals surface area contributed by atoms with E-state index in [0.29, 0.717) is 23.5 Å². The first kappa shape index (κ1) is 23.8. The van der Waals surface area contributed by atoms with E-state index >= 15 is 0 Å². The topological polar surface area (TPSA) is 88.1 Å². The minimum atomic E-state index is -0.933. The molecule has 1 fully saturated rings. The number of hydrogen-bond donors (Lipinski definition) is 2. The van der Waals surface area contributed by atoms with Crippen molar-refractivity contribution in [1.82, 2.24) is 4.90 Å². The van der Waals surface area contributed by atoms with Gasteiger partial charge in [0.05, 0.1) is 19.8 Å². The van der Waals surface area contributed by atoms with Crippen LogP contribution in [0.3, 0.4) is 0 Å². The number of aliphatic hydroxyl groups excluding tert-OH is 1. The molecule has 1 aliphatic rings. The number of carbonyl (C=O) groups is 2. The van der Waals surface area contributed by atoms with Crippen LogP contribution < -0.4 is 10.1 Å². The Morgan fingerprint density at radius 1 is 1.19 bits per heavy atom. The van der Waals surface area contributed by atoms with Gasteiger partial charge in [-0.05, 0) is 36.6 Å². The molecule has 0 spiro atoms. The second-order valence-electron chi connectivity index (χ2n) is 7.99. The molecule has 3 rings (SSSR count). The monoisotopic (exact) mass is 440 g/mol. The number of para-hydroxylation sites is 1. The van der Waals surface area contributed by atoms with Gasteiger partial charge in [-0.2, -0.15) is 0 Å². The lowest BCUT2D eigenvalue weighted by Crippen LogP contribution is -2.51. The molecule has 7 nitrogen and oxygen atoms in total. The van der Waals surface area contributed by atoms with Crippen molar-refractivity contribution < 1.29 is 24.2 Å². The largest absolute Gasteiger partial charge is 0.496 e. The molecular weight excluding hydrogens is 408 g/mol. The Labute approximate surface area is 189 Å². The molecular formula is C25H32N2O5. The zero-order valence-electron chi connectivity index (χ0n) is 18.9. The molecule has 2 amide bonds. The van der Waals surface area contributed by atoms with Gasteiger partial charge < -0.3 is 24.8 Å². The fourth-order valence-electron chi connectivity index (χ4n) is 4.00. The Kier molecular flexibility index (Phi) is 8.25. The lowest BCUT2D eigenvalue weighted by atomic mass is 9.99. The number of anilines is 1. The van der Waals surface area contributed by atoms with Gasteiger partial charge in [-0.25, -0.2) is 0 Å². The maximum atomic E-state index is 12.6. The summed E-state index contributed by atoms with van der Waals surface area (Å²) in [6, 6.07) is 14.1. The standard InChI is InChI=1S/C25H32N2O5/c1-4-17(5-2)25(30)26-20-12-10-18(11-13-20)24(29)21-15-32-16-23(28)27(21)14-19-8-6-7-9-22(19)31-3/h6-13,17,21,24,29H,4-5,14-16H2,1-3H3,(H,26,30)/t21-,24-/m1/s1. The van der Waals surface area contributed by atoms with E-state index in [-0.39, 0.29) is 30.9 Å². The van der Waals surface area contributed by atoms with Gasteiger partial charge in [0.15, 0.2) is 0 Å². The van der Waals surface area contributed by atoms with E-state index in [1.165, 1.54) is 0 Å². The number of methoxy groups -OCH3 is 1. The van der Waals surface area contributed by atoms with Gasteiger partial charge in [-0.3, -0.25) is 9.59 Å². The molecule has 32 heavy (non-hydrogen) atoms. The van der Waals surface area contributed by atoms with Gasteiger partial charge in [-0.15, -0.1) is 0 Å². The van der Waals surface area contributed by atoms with Crippen molar-refractivity contribution in [1.29, 1.82) is 0 Å². The lowest BCUT2D eigenvalue weighted by Gasteiger charge is -2.38. The van der Waals surface area contributed by atoms with Crippen LogP contribution in [0, 0.1) is 5.92 Å². The molecule has 0 radical (unpaired) electrons. The second-order valence-corrected chi connectivity index (χ2v) is 7.99. The van der Waals surface area contributed by atoms with Crippen molar-refractivity contribution in [3.63, 3.8) is 0 Å². The van der Waals surface area contributed by atoms with E-state index in [2.05, 4.69) is 5.32 Å². The predicted molar refractivity (Wildman–Crippen MR) is 122 cm³/mol. The van der Waals surface area contributed by atoms with E-state index in [0.717, 1.165) is 18.4 Å². The quantitative estimate of drug-likeness (QED) is 0.623. The first-order valence-electron chi connectivity index (χ1n) is 11.1. The molecule has 2 aromatic carbocycles. The second kappa shape index (κ2) is 11.1. The molecule has 172 valence electrons. The number of aliphatic hydroxyl groups is 1. The summed E-state index contributed by atoms with van der Waals surface area (Å²) in [4.78, 5) is 26.6. The van der Waals surface area contributed by atoms with Crippen LogP contribution in [0.15, 0.2) is 48.5 Å². The average Bonchev–Trinajstić information content (AvgIpc) is 2.81. The van der Waals surface area contributed by atoms with Gasteiger partial charge in [0, 0.05) is 23.7 Å². The van der Waals surface area contributed by atoms with Crippen molar-refractivity contribution in [2.24, 2.45) is 5.92 Å². The number of rotatable bonds is 9. The third-order valence-corrected chi connectivity index (χ3v) is 6.01. The third kappa shape index (κ3) is 5.47. The van der Waals surface area contributed by atoms with Gasteiger partial charge in [-0.1, -0.05) is 44.2 Å². The summed E-state index contributed by atoms with van der Waals surface area (Å²) in [6.07, 6.45) is 0.644. The highest BCUT2D eigenvalue weighted by molar-refractivity contribution is 5.92. The van der Waals surface area contributed by atoms with Crippen LogP contribution >= 0.6 is 0 Å². The van der Waals surface area contributed by atoms with E-state index in [1.807, 2.05) is 38.1 Å². The predicted octanol–water partition coefficient (Wildman–Crippen LogP) is 3.53. The zero-order valence-corrected chi connectivity index (χ0v) is 18.9. The van der Waals surface area contributed by atoms with E-state index in [9.17, 15) is 14.7 Å². The molecule has 0 aromatic heterocycles. The van der Waals surface area contributed by atoms with E-state index in [4.69, 9.17) is 9.47 Å². The van der Waals surface area contributed by atoms with Crippen molar-refractivity contribution >= 4 is 17.5 Å². The number of ether oxygens (including phenoxy) is 2. The van der Waals surface area contributed by atoms with Crippen molar-refractivity contribution in [2.45, 2.75) is 45.4 Å². The molecule has 1 saturated heterocycles. The highest BCUT2D eigenvalue weighted by atomic mass is 16.5. The van der Waals surface area contributed by atoms with Crippen molar-refractivity contribution in [3.05, 3.63) is 59.7 Å². The van der Waals surface area contributed by atoms with Gasteiger partial charge in [0.25, 0.3) is 0 Å². The first-order valence-corrected chi connectivity index (χ1v) is 11.1. The summed E-state index contributed by atoms with van der Waals surface area (Å²) in [5.74, 6) is 0.490. The Morgan fingerprint density at radius 3 is 2.53 bits per heavy atom. The van der Waals surface area contributed by atoms with Crippen molar-refractivity contribution in [2.75, 3.05) is 25.6 Å². The number of carbonyl (C=O) groups excluding carboxylic acids is 2. The van der Waals surface area contributed by atoms with Crippen LogP contribution in [0.1, 0.15) is 43.9 Å².